The highest BCUT2D eigenvalue weighted by atomic mass is 19.3. The second kappa shape index (κ2) is 7.28. The number of halogens is 2. The molecule has 96 valence electrons. The monoisotopic (exact) mass is 253 g/mol. The van der Waals surface area contributed by atoms with Crippen LogP contribution in [-0.2, 0) is 0 Å². The van der Waals surface area contributed by atoms with Crippen LogP contribution in [0, 0.1) is 12.3 Å². The summed E-state index contributed by atoms with van der Waals surface area (Å²) in [6.07, 6.45) is 6.33. The third-order valence-corrected chi connectivity index (χ3v) is 2.10. The summed E-state index contributed by atoms with van der Waals surface area (Å²) in [5.74, 6) is 2.08. The number of carbonyl (C=O) groups excluding carboxylic acids is 1. The molecule has 0 saturated carbocycles. The number of hydrogen-bond donors (Lipinski definition) is 1. The van der Waals surface area contributed by atoms with Gasteiger partial charge < -0.3 is 10.1 Å². The van der Waals surface area contributed by atoms with E-state index in [4.69, 9.17) is 6.42 Å². The molecule has 0 bridgehead atoms. The van der Waals surface area contributed by atoms with E-state index in [2.05, 4.69) is 16.0 Å². The molecule has 0 aromatic heterocycles. The summed E-state index contributed by atoms with van der Waals surface area (Å²) in [6, 6.07) is 5.63. The molecule has 1 N–H and O–H groups in total. The van der Waals surface area contributed by atoms with E-state index in [1.54, 1.807) is 0 Å². The van der Waals surface area contributed by atoms with Crippen LogP contribution in [0.25, 0.3) is 0 Å². The largest absolute Gasteiger partial charge is 0.435 e. The third kappa shape index (κ3) is 4.83. The number of carbonyl (C=O) groups is 1. The van der Waals surface area contributed by atoms with Gasteiger partial charge in [-0.05, 0) is 24.6 Å². The van der Waals surface area contributed by atoms with Gasteiger partial charge in [0.1, 0.15) is 5.75 Å². The average molecular weight is 253 g/mol. The Balaban J connectivity index is 2.55. The Bertz CT molecular complexity index is 441. The molecule has 0 aliphatic rings. The van der Waals surface area contributed by atoms with Crippen molar-refractivity contribution < 1.29 is 18.3 Å². The molecule has 1 amide bonds. The lowest BCUT2D eigenvalue weighted by Gasteiger charge is -2.07. The van der Waals surface area contributed by atoms with Gasteiger partial charge in [0.25, 0.3) is 5.91 Å². The molecule has 1 aromatic carbocycles. The van der Waals surface area contributed by atoms with Crippen molar-refractivity contribution in [2.24, 2.45) is 0 Å². The second-order valence-corrected chi connectivity index (χ2v) is 3.47. The van der Waals surface area contributed by atoms with Gasteiger partial charge in [-0.25, -0.2) is 0 Å². The predicted molar refractivity (Wildman–Crippen MR) is 63.5 cm³/mol. The zero-order chi connectivity index (χ0) is 13.4. The Morgan fingerprint density at radius 3 is 2.94 bits per heavy atom. The average Bonchev–Trinajstić information content (AvgIpc) is 2.34. The first-order chi connectivity index (χ1) is 8.63. The van der Waals surface area contributed by atoms with Gasteiger partial charge in [-0.15, -0.1) is 12.3 Å². The standard InChI is InChI=1S/C13H13F2NO2/c1-2-3-4-8-16-12(17)10-6-5-7-11(9-10)18-13(14)15/h1,5-7,9,13H,3-4,8H2,(H,16,17). The van der Waals surface area contributed by atoms with Crippen molar-refractivity contribution in [3.05, 3.63) is 29.8 Å². The number of benzene rings is 1. The maximum absolute atomic E-state index is 12.0. The molecule has 5 heteroatoms. The first kappa shape index (κ1) is 14.0. The van der Waals surface area contributed by atoms with Crippen molar-refractivity contribution in [1.82, 2.24) is 5.32 Å². The van der Waals surface area contributed by atoms with Gasteiger partial charge in [0, 0.05) is 18.5 Å². The Morgan fingerprint density at radius 2 is 2.28 bits per heavy atom. The van der Waals surface area contributed by atoms with Crippen LogP contribution in [0.4, 0.5) is 8.78 Å². The predicted octanol–water partition coefficient (Wildman–Crippen LogP) is 2.43. The molecule has 1 aromatic rings. The number of hydrogen-bond acceptors (Lipinski definition) is 2. The van der Waals surface area contributed by atoms with Crippen molar-refractivity contribution in [2.45, 2.75) is 19.5 Å². The topological polar surface area (TPSA) is 38.3 Å². The molecule has 0 radical (unpaired) electrons. The number of amides is 1. The van der Waals surface area contributed by atoms with Crippen molar-refractivity contribution in [2.75, 3.05) is 6.54 Å². The van der Waals surface area contributed by atoms with Crippen molar-refractivity contribution in [3.63, 3.8) is 0 Å². The highest BCUT2D eigenvalue weighted by Gasteiger charge is 2.08. The Hall–Kier alpha value is -2.09. The summed E-state index contributed by atoms with van der Waals surface area (Å²) in [5.41, 5.74) is 0.272. The van der Waals surface area contributed by atoms with Crippen molar-refractivity contribution >= 4 is 5.91 Å². The molecule has 1 rings (SSSR count). The van der Waals surface area contributed by atoms with Crippen LogP contribution in [-0.4, -0.2) is 19.1 Å². The number of terminal acetylenes is 1. The molecule has 0 atom stereocenters. The van der Waals surface area contributed by atoms with Gasteiger partial charge in [0.2, 0.25) is 0 Å². The highest BCUT2D eigenvalue weighted by Crippen LogP contribution is 2.15. The first-order valence-corrected chi connectivity index (χ1v) is 5.40. The van der Waals surface area contributed by atoms with Crippen molar-refractivity contribution in [1.29, 1.82) is 0 Å². The fourth-order valence-corrected chi connectivity index (χ4v) is 1.31. The van der Waals surface area contributed by atoms with Crippen LogP contribution in [0.15, 0.2) is 24.3 Å². The fourth-order valence-electron chi connectivity index (χ4n) is 1.31. The molecule has 0 unspecified atom stereocenters. The Morgan fingerprint density at radius 1 is 1.50 bits per heavy atom. The van der Waals surface area contributed by atoms with E-state index >= 15 is 0 Å². The number of unbranched alkanes of at least 4 members (excludes halogenated alkanes) is 1. The van der Waals surface area contributed by atoms with E-state index < -0.39 is 6.61 Å². The SMILES string of the molecule is C#CCCCNC(=O)c1cccc(OC(F)F)c1. The molecule has 0 spiro atoms. The van der Waals surface area contributed by atoms with Crippen LogP contribution >= 0.6 is 0 Å². The molecule has 0 heterocycles. The maximum atomic E-state index is 12.0. The first-order valence-electron chi connectivity index (χ1n) is 5.40. The molecular formula is C13H13F2NO2. The van der Waals surface area contributed by atoms with E-state index in [-0.39, 0.29) is 17.2 Å². The van der Waals surface area contributed by atoms with E-state index in [0.29, 0.717) is 19.4 Å². The van der Waals surface area contributed by atoms with Gasteiger partial charge in [-0.1, -0.05) is 6.07 Å². The summed E-state index contributed by atoms with van der Waals surface area (Å²) in [5, 5.41) is 2.64. The highest BCUT2D eigenvalue weighted by molar-refractivity contribution is 5.94. The lowest BCUT2D eigenvalue weighted by atomic mass is 10.2. The summed E-state index contributed by atoms with van der Waals surface area (Å²) >= 11 is 0. The lowest BCUT2D eigenvalue weighted by molar-refractivity contribution is -0.0498. The number of rotatable bonds is 6. The minimum Gasteiger partial charge on any atom is -0.435 e. The minimum absolute atomic E-state index is 0.0405. The number of nitrogens with one attached hydrogen (secondary N) is 1. The summed E-state index contributed by atoms with van der Waals surface area (Å²) in [7, 11) is 0. The molecule has 0 fully saturated rings. The molecule has 18 heavy (non-hydrogen) atoms. The molecule has 0 aliphatic heterocycles. The van der Waals surface area contributed by atoms with E-state index in [1.165, 1.54) is 24.3 Å². The lowest BCUT2D eigenvalue weighted by Crippen LogP contribution is -2.24. The fraction of sp³-hybridized carbons (Fsp3) is 0.308. The van der Waals surface area contributed by atoms with Gasteiger partial charge in [-0.3, -0.25) is 4.79 Å². The maximum Gasteiger partial charge on any atom is 0.387 e. The summed E-state index contributed by atoms with van der Waals surface area (Å²) in [4.78, 5) is 11.6. The van der Waals surface area contributed by atoms with Crippen molar-refractivity contribution in [3.8, 4) is 18.1 Å². The van der Waals surface area contributed by atoms with Crippen LogP contribution in [0.5, 0.6) is 5.75 Å². The smallest absolute Gasteiger partial charge is 0.387 e. The second-order valence-electron chi connectivity index (χ2n) is 3.47. The Kier molecular flexibility index (Phi) is 5.65. The van der Waals surface area contributed by atoms with E-state index in [1.807, 2.05) is 0 Å². The van der Waals surface area contributed by atoms with Crippen LogP contribution in [0.2, 0.25) is 0 Å². The van der Waals surface area contributed by atoms with E-state index in [0.717, 1.165) is 0 Å². The van der Waals surface area contributed by atoms with E-state index in [9.17, 15) is 13.6 Å². The van der Waals surface area contributed by atoms with Gasteiger partial charge in [0.15, 0.2) is 0 Å². The zero-order valence-corrected chi connectivity index (χ0v) is 9.66. The molecular weight excluding hydrogens is 240 g/mol. The zero-order valence-electron chi connectivity index (χ0n) is 9.66. The summed E-state index contributed by atoms with van der Waals surface area (Å²) < 4.78 is 28.2. The van der Waals surface area contributed by atoms with Crippen LogP contribution in [0.3, 0.4) is 0 Å². The number of alkyl halides is 2. The third-order valence-electron chi connectivity index (χ3n) is 2.10. The van der Waals surface area contributed by atoms with Gasteiger partial charge >= 0.3 is 6.61 Å². The normalized spacial score (nSPS) is 9.89. The van der Waals surface area contributed by atoms with Gasteiger partial charge in [0.05, 0.1) is 0 Å². The molecule has 3 nitrogen and oxygen atoms in total. The van der Waals surface area contributed by atoms with Gasteiger partial charge in [-0.2, -0.15) is 8.78 Å². The van der Waals surface area contributed by atoms with Crippen LogP contribution in [0.1, 0.15) is 23.2 Å². The molecule has 0 saturated heterocycles. The Labute approximate surface area is 104 Å². The number of ether oxygens (including phenoxy) is 1. The summed E-state index contributed by atoms with van der Waals surface area (Å²) in [6.45, 7) is -2.46. The molecule has 0 aliphatic carbocycles. The van der Waals surface area contributed by atoms with Crippen LogP contribution < -0.4 is 10.1 Å². The quantitative estimate of drug-likeness (QED) is 0.624. The minimum atomic E-state index is -2.90.